The number of carbonyl (C=O) groups excluding carboxylic acids is 1. The van der Waals surface area contributed by atoms with Crippen molar-refractivity contribution >= 4 is 28.6 Å². The van der Waals surface area contributed by atoms with E-state index in [-0.39, 0.29) is 11.5 Å². The van der Waals surface area contributed by atoms with Gasteiger partial charge in [0.05, 0.1) is 17.1 Å². The average molecular weight is 447 g/mol. The van der Waals surface area contributed by atoms with Crippen LogP contribution < -0.4 is 0 Å². The van der Waals surface area contributed by atoms with Crippen LogP contribution >= 0.6 is 0 Å². The van der Waals surface area contributed by atoms with Crippen LogP contribution in [0.15, 0.2) is 113 Å². The minimum absolute atomic E-state index is 0.0374. The number of Topliss-reactive ketones (excluding diaryl/α,β-unsaturated/α-hetero) is 1. The van der Waals surface area contributed by atoms with Crippen LogP contribution in [-0.4, -0.2) is 22.3 Å². The van der Waals surface area contributed by atoms with Gasteiger partial charge in [0.2, 0.25) is 0 Å². The number of aliphatic imine (C=N–C) groups is 2. The number of nitrogens with zero attached hydrogens (tertiary/aromatic N) is 2. The Bertz CT molecular complexity index is 1360. The Hall–Kier alpha value is -4.31. The number of phenolic OH excluding ortho intramolecular Hbond substituents is 1. The molecule has 0 aliphatic rings. The van der Waals surface area contributed by atoms with Gasteiger partial charge in [0.1, 0.15) is 11.5 Å². The van der Waals surface area contributed by atoms with Gasteiger partial charge in [-0.15, -0.1) is 0 Å². The van der Waals surface area contributed by atoms with Gasteiger partial charge < -0.3 is 5.11 Å². The number of aromatic hydroxyl groups is 1. The monoisotopic (exact) mass is 446 g/mol. The lowest BCUT2D eigenvalue weighted by Gasteiger charge is -2.12. The van der Waals surface area contributed by atoms with Gasteiger partial charge in [0.25, 0.3) is 0 Å². The largest absolute Gasteiger partial charge is 0.507 e. The van der Waals surface area contributed by atoms with Crippen LogP contribution in [0.1, 0.15) is 35.6 Å². The molecule has 4 aromatic carbocycles. The maximum Gasteiger partial charge on any atom is 0.181 e. The molecule has 0 heterocycles. The van der Waals surface area contributed by atoms with Crippen LogP contribution in [0.25, 0.3) is 0 Å². The van der Waals surface area contributed by atoms with Crippen molar-refractivity contribution in [1.82, 2.24) is 0 Å². The Labute approximate surface area is 200 Å². The molecule has 4 rings (SSSR count). The van der Waals surface area contributed by atoms with Crippen LogP contribution in [-0.2, 0) is 4.79 Å². The van der Waals surface area contributed by atoms with Crippen molar-refractivity contribution in [3.8, 4) is 5.75 Å². The highest BCUT2D eigenvalue weighted by Gasteiger charge is 2.16. The van der Waals surface area contributed by atoms with Crippen molar-refractivity contribution in [3.05, 3.63) is 125 Å². The molecule has 0 spiro atoms. The topological polar surface area (TPSA) is 62.0 Å². The molecule has 0 atom stereocenters. The van der Waals surface area contributed by atoms with E-state index in [1.54, 1.807) is 6.07 Å². The molecule has 168 valence electrons. The highest BCUT2D eigenvalue weighted by atomic mass is 16.3. The van der Waals surface area contributed by atoms with Crippen LogP contribution in [0, 0.1) is 6.92 Å². The second-order valence-corrected chi connectivity index (χ2v) is 7.94. The Morgan fingerprint density at radius 2 is 1.29 bits per heavy atom. The molecule has 4 aromatic rings. The summed E-state index contributed by atoms with van der Waals surface area (Å²) in [6.07, 6.45) is 0.353. The molecule has 0 aromatic heterocycles. The molecule has 1 N–H and O–H groups in total. The van der Waals surface area contributed by atoms with Gasteiger partial charge in [-0.25, -0.2) is 9.98 Å². The van der Waals surface area contributed by atoms with Crippen molar-refractivity contribution in [2.24, 2.45) is 9.98 Å². The van der Waals surface area contributed by atoms with Crippen LogP contribution in [0.3, 0.4) is 0 Å². The molecule has 4 heteroatoms. The summed E-state index contributed by atoms with van der Waals surface area (Å²) in [4.78, 5) is 22.5. The minimum atomic E-state index is -0.0374. The summed E-state index contributed by atoms with van der Waals surface area (Å²) in [6, 6.07) is 32.2. The molecule has 0 saturated carbocycles. The number of phenols is 1. The number of hydrogen-bond donors (Lipinski definition) is 1. The van der Waals surface area contributed by atoms with Crippen molar-refractivity contribution in [1.29, 1.82) is 0 Å². The number of para-hydroxylation sites is 2. The summed E-state index contributed by atoms with van der Waals surface area (Å²) >= 11 is 0. The van der Waals surface area contributed by atoms with E-state index in [2.05, 4.69) is 0 Å². The molecule has 0 bridgehead atoms. The number of benzene rings is 4. The zero-order valence-electron chi connectivity index (χ0n) is 19.3. The standard InChI is InChI=1S/C30H26N2O2/c1-3-27(33)30(23-14-8-5-9-15-23)32-26-17-11-10-16-25(26)31-29(22-12-6-4-7-13-22)24-20-21(2)18-19-28(24)34/h4-20,34H,3H2,1-2H3. The lowest BCUT2D eigenvalue weighted by Crippen LogP contribution is -2.14. The lowest BCUT2D eigenvalue weighted by atomic mass is 9.99. The summed E-state index contributed by atoms with van der Waals surface area (Å²) < 4.78 is 0. The molecule has 0 unspecified atom stereocenters. The van der Waals surface area contributed by atoms with E-state index in [1.807, 2.05) is 111 Å². The number of carbonyl (C=O) groups is 1. The van der Waals surface area contributed by atoms with Gasteiger partial charge in [0, 0.05) is 23.1 Å². The summed E-state index contributed by atoms with van der Waals surface area (Å²) in [5, 5.41) is 10.7. The third kappa shape index (κ3) is 5.18. The highest BCUT2D eigenvalue weighted by Crippen LogP contribution is 2.32. The van der Waals surface area contributed by atoms with Crippen molar-refractivity contribution in [2.45, 2.75) is 20.3 Å². The third-order valence-electron chi connectivity index (χ3n) is 5.43. The second kappa shape index (κ2) is 10.5. The van der Waals surface area contributed by atoms with Gasteiger partial charge in [-0.05, 0) is 31.2 Å². The zero-order chi connectivity index (χ0) is 23.9. The molecule has 0 amide bonds. The maximum absolute atomic E-state index is 12.8. The van der Waals surface area contributed by atoms with E-state index >= 15 is 0 Å². The van der Waals surface area contributed by atoms with Crippen molar-refractivity contribution in [2.75, 3.05) is 0 Å². The van der Waals surface area contributed by atoms with E-state index in [4.69, 9.17) is 9.98 Å². The maximum atomic E-state index is 12.8. The van der Waals surface area contributed by atoms with Gasteiger partial charge in [-0.3, -0.25) is 4.79 Å². The summed E-state index contributed by atoms with van der Waals surface area (Å²) in [6.45, 7) is 3.81. The minimum Gasteiger partial charge on any atom is -0.507 e. The van der Waals surface area contributed by atoms with Crippen molar-refractivity contribution < 1.29 is 9.90 Å². The first-order valence-corrected chi connectivity index (χ1v) is 11.3. The first kappa shape index (κ1) is 22.9. The first-order valence-electron chi connectivity index (χ1n) is 11.3. The number of rotatable bonds is 7. The fourth-order valence-corrected chi connectivity index (χ4v) is 3.66. The fourth-order valence-electron chi connectivity index (χ4n) is 3.66. The molecule has 0 fully saturated rings. The molecule has 0 radical (unpaired) electrons. The molecule has 4 nitrogen and oxygen atoms in total. The lowest BCUT2D eigenvalue weighted by molar-refractivity contribution is -0.112. The Kier molecular flexibility index (Phi) is 7.09. The van der Waals surface area contributed by atoms with E-state index < -0.39 is 0 Å². The highest BCUT2D eigenvalue weighted by molar-refractivity contribution is 6.46. The predicted octanol–water partition coefficient (Wildman–Crippen LogP) is 6.97. The van der Waals surface area contributed by atoms with Gasteiger partial charge in [-0.2, -0.15) is 0 Å². The SMILES string of the molecule is CCC(=O)C(=Nc1ccccc1N=C(c1ccccc1)c1cc(C)ccc1O)c1ccccc1. The van der Waals surface area contributed by atoms with Gasteiger partial charge >= 0.3 is 0 Å². The molecular weight excluding hydrogens is 420 g/mol. The van der Waals surface area contributed by atoms with Crippen LogP contribution in [0.5, 0.6) is 5.75 Å². The predicted molar refractivity (Wildman–Crippen MR) is 139 cm³/mol. The van der Waals surface area contributed by atoms with E-state index in [9.17, 15) is 9.90 Å². The number of aryl methyl sites for hydroxylation is 1. The van der Waals surface area contributed by atoms with Gasteiger partial charge in [0.15, 0.2) is 5.78 Å². The second-order valence-electron chi connectivity index (χ2n) is 7.94. The summed E-state index contributed by atoms with van der Waals surface area (Å²) in [5.74, 6) is 0.116. The molecular formula is C30H26N2O2. The van der Waals surface area contributed by atoms with E-state index in [0.717, 1.165) is 16.7 Å². The van der Waals surface area contributed by atoms with Gasteiger partial charge in [-0.1, -0.05) is 91.3 Å². The van der Waals surface area contributed by atoms with Crippen LogP contribution in [0.2, 0.25) is 0 Å². The Morgan fingerprint density at radius 3 is 1.91 bits per heavy atom. The van der Waals surface area contributed by atoms with E-state index in [0.29, 0.717) is 34.8 Å². The van der Waals surface area contributed by atoms with Crippen LogP contribution in [0.4, 0.5) is 11.4 Å². The summed E-state index contributed by atoms with van der Waals surface area (Å²) in [7, 11) is 0. The fraction of sp³-hybridized carbons (Fsp3) is 0.100. The average Bonchev–Trinajstić information content (AvgIpc) is 2.88. The zero-order valence-corrected chi connectivity index (χ0v) is 19.3. The quantitative estimate of drug-likeness (QED) is 0.312. The van der Waals surface area contributed by atoms with E-state index in [1.165, 1.54) is 0 Å². The molecule has 0 aliphatic heterocycles. The molecule has 34 heavy (non-hydrogen) atoms. The molecule has 0 aliphatic carbocycles. The first-order chi connectivity index (χ1) is 16.6. The number of ketones is 1. The van der Waals surface area contributed by atoms with Crippen molar-refractivity contribution in [3.63, 3.8) is 0 Å². The molecule has 0 saturated heterocycles. The Balaban J connectivity index is 1.92. The Morgan fingerprint density at radius 1 is 0.735 bits per heavy atom. The number of hydrogen-bond acceptors (Lipinski definition) is 4. The smallest absolute Gasteiger partial charge is 0.181 e. The third-order valence-corrected chi connectivity index (χ3v) is 5.43. The normalized spacial score (nSPS) is 11.9. The summed E-state index contributed by atoms with van der Waals surface area (Å²) in [5.41, 5.74) is 5.53.